The number of sulfonamides is 1. The molecule has 0 saturated carbocycles. The molecule has 1 aliphatic rings. The molecular weight excluding hydrogens is 375 g/mol. The van der Waals surface area contributed by atoms with E-state index in [0.29, 0.717) is 13.0 Å². The molecule has 0 fully saturated rings. The van der Waals surface area contributed by atoms with Crippen molar-refractivity contribution in [3.63, 3.8) is 0 Å². The van der Waals surface area contributed by atoms with E-state index in [9.17, 15) is 12.8 Å². The second kappa shape index (κ2) is 6.54. The van der Waals surface area contributed by atoms with Gasteiger partial charge >= 0.3 is 0 Å². The van der Waals surface area contributed by atoms with Gasteiger partial charge in [-0.3, -0.25) is 0 Å². The highest BCUT2D eigenvalue weighted by atomic mass is 35.5. The Bertz CT molecular complexity index is 1120. The molecule has 3 aromatic rings. The summed E-state index contributed by atoms with van der Waals surface area (Å²) >= 11 is 6.06. The second-order valence-corrected chi connectivity index (χ2v) is 8.48. The first-order valence-corrected chi connectivity index (χ1v) is 9.99. The highest BCUT2D eigenvalue weighted by molar-refractivity contribution is 7.89. The molecular formula is C19H16ClFN2O2S. The minimum atomic E-state index is -3.65. The molecule has 4 rings (SSSR count). The van der Waals surface area contributed by atoms with Crippen LogP contribution in [0.15, 0.2) is 59.6 Å². The minimum absolute atomic E-state index is 0.118. The Hall–Kier alpha value is -2.15. The topological polar surface area (TPSA) is 53.2 Å². The van der Waals surface area contributed by atoms with Crippen molar-refractivity contribution in [3.8, 4) is 0 Å². The standard InChI is InChI=1S/C19H16ClFN2O2S/c20-17-3-1-2-4-19(17)26(24,25)23-9-7-13(8-10-23)16-12-22-18-6-5-14(21)11-15(16)18/h1-7,11-12,22H,8-10H2. The maximum absolute atomic E-state index is 13.6. The molecule has 1 aromatic heterocycles. The Kier molecular flexibility index (Phi) is 4.34. The van der Waals surface area contributed by atoms with Gasteiger partial charge in [0, 0.05) is 35.8 Å². The molecule has 1 aliphatic heterocycles. The highest BCUT2D eigenvalue weighted by Gasteiger charge is 2.28. The fraction of sp³-hybridized carbons (Fsp3) is 0.158. The number of nitrogens with zero attached hydrogens (tertiary/aromatic N) is 1. The quantitative estimate of drug-likeness (QED) is 0.718. The van der Waals surface area contributed by atoms with E-state index in [1.54, 1.807) is 24.3 Å². The third-order valence-corrected chi connectivity index (χ3v) is 6.98. The summed E-state index contributed by atoms with van der Waals surface area (Å²) in [7, 11) is -3.65. The Morgan fingerprint density at radius 1 is 1.15 bits per heavy atom. The summed E-state index contributed by atoms with van der Waals surface area (Å²) in [5, 5.41) is 1.02. The van der Waals surface area contributed by atoms with Crippen LogP contribution in [0.25, 0.3) is 16.5 Å². The van der Waals surface area contributed by atoms with Crippen molar-refractivity contribution >= 4 is 38.1 Å². The summed E-state index contributed by atoms with van der Waals surface area (Å²) < 4.78 is 40.6. The number of hydrogen-bond donors (Lipinski definition) is 1. The van der Waals surface area contributed by atoms with Gasteiger partial charge in [0.2, 0.25) is 10.0 Å². The molecule has 134 valence electrons. The van der Waals surface area contributed by atoms with Crippen molar-refractivity contribution in [1.82, 2.24) is 9.29 Å². The molecule has 0 radical (unpaired) electrons. The van der Waals surface area contributed by atoms with Gasteiger partial charge in [-0.25, -0.2) is 12.8 Å². The van der Waals surface area contributed by atoms with E-state index in [4.69, 9.17) is 11.6 Å². The third kappa shape index (κ3) is 2.94. The number of halogens is 2. The largest absolute Gasteiger partial charge is 0.361 e. The normalized spacial score (nSPS) is 16.0. The van der Waals surface area contributed by atoms with Crippen LogP contribution in [0.2, 0.25) is 5.02 Å². The van der Waals surface area contributed by atoms with Crippen molar-refractivity contribution in [1.29, 1.82) is 0 Å². The first-order valence-electron chi connectivity index (χ1n) is 8.17. The number of aromatic nitrogens is 1. The van der Waals surface area contributed by atoms with Gasteiger partial charge in [0.1, 0.15) is 10.7 Å². The van der Waals surface area contributed by atoms with Crippen LogP contribution in [0.4, 0.5) is 4.39 Å². The molecule has 0 bridgehead atoms. The monoisotopic (exact) mass is 390 g/mol. The summed E-state index contributed by atoms with van der Waals surface area (Å²) in [6.45, 7) is 0.603. The van der Waals surface area contributed by atoms with Crippen LogP contribution in [0, 0.1) is 5.82 Å². The minimum Gasteiger partial charge on any atom is -0.361 e. The lowest BCUT2D eigenvalue weighted by Crippen LogP contribution is -2.34. The summed E-state index contributed by atoms with van der Waals surface area (Å²) in [5.74, 6) is -0.294. The smallest absolute Gasteiger partial charge is 0.244 e. The first kappa shape index (κ1) is 17.3. The van der Waals surface area contributed by atoms with E-state index in [1.165, 1.54) is 22.5 Å². The zero-order valence-electron chi connectivity index (χ0n) is 13.7. The lowest BCUT2D eigenvalue weighted by molar-refractivity contribution is 0.441. The Labute approximate surface area is 155 Å². The Balaban J connectivity index is 1.64. The first-order chi connectivity index (χ1) is 12.5. The predicted molar refractivity (Wildman–Crippen MR) is 101 cm³/mol. The van der Waals surface area contributed by atoms with Crippen molar-refractivity contribution in [2.45, 2.75) is 11.3 Å². The SMILES string of the molecule is O=S(=O)(c1ccccc1Cl)N1CC=C(c2c[nH]c3ccc(F)cc23)CC1. The number of rotatable bonds is 3. The summed E-state index contributed by atoms with van der Waals surface area (Å²) in [4.78, 5) is 3.25. The number of H-pyrrole nitrogens is 1. The number of fused-ring (bicyclic) bond motifs is 1. The molecule has 0 saturated heterocycles. The summed E-state index contributed by atoms with van der Waals surface area (Å²) in [6.07, 6.45) is 4.27. The average molecular weight is 391 g/mol. The molecule has 0 spiro atoms. The van der Waals surface area contributed by atoms with Crippen molar-refractivity contribution in [3.05, 3.63) is 71.1 Å². The number of hydrogen-bond acceptors (Lipinski definition) is 2. The van der Waals surface area contributed by atoms with Gasteiger partial charge in [-0.2, -0.15) is 4.31 Å². The van der Waals surface area contributed by atoms with Gasteiger partial charge in [0.05, 0.1) is 5.02 Å². The molecule has 2 aromatic carbocycles. The zero-order valence-corrected chi connectivity index (χ0v) is 15.3. The summed E-state index contributed by atoms with van der Waals surface area (Å²) in [5.41, 5.74) is 2.77. The van der Waals surface area contributed by atoms with Crippen LogP contribution in [0.1, 0.15) is 12.0 Å². The molecule has 1 N–H and O–H groups in total. The van der Waals surface area contributed by atoms with Crippen molar-refractivity contribution in [2.24, 2.45) is 0 Å². The van der Waals surface area contributed by atoms with Gasteiger partial charge in [0.15, 0.2) is 0 Å². The molecule has 0 amide bonds. The highest BCUT2D eigenvalue weighted by Crippen LogP contribution is 2.32. The van der Waals surface area contributed by atoms with Crippen LogP contribution >= 0.6 is 11.6 Å². The van der Waals surface area contributed by atoms with E-state index >= 15 is 0 Å². The molecule has 0 unspecified atom stereocenters. The van der Waals surface area contributed by atoms with Crippen LogP contribution < -0.4 is 0 Å². The molecule has 7 heteroatoms. The molecule has 2 heterocycles. The van der Waals surface area contributed by atoms with Crippen LogP contribution in [-0.2, 0) is 10.0 Å². The zero-order chi connectivity index (χ0) is 18.3. The van der Waals surface area contributed by atoms with Crippen LogP contribution in [-0.4, -0.2) is 30.8 Å². The van der Waals surface area contributed by atoms with Gasteiger partial charge < -0.3 is 4.98 Å². The van der Waals surface area contributed by atoms with Crippen LogP contribution in [0.5, 0.6) is 0 Å². The third-order valence-electron chi connectivity index (χ3n) is 4.62. The summed E-state index contributed by atoms with van der Waals surface area (Å²) in [6, 6.07) is 11.0. The number of aromatic amines is 1. The van der Waals surface area contributed by atoms with E-state index in [0.717, 1.165) is 22.0 Å². The fourth-order valence-corrected chi connectivity index (χ4v) is 5.14. The number of nitrogens with one attached hydrogen (secondary N) is 1. The Morgan fingerprint density at radius 3 is 2.69 bits per heavy atom. The predicted octanol–water partition coefficient (Wildman–Crippen LogP) is 4.44. The Morgan fingerprint density at radius 2 is 1.96 bits per heavy atom. The van der Waals surface area contributed by atoms with E-state index < -0.39 is 10.0 Å². The maximum Gasteiger partial charge on any atom is 0.244 e. The second-order valence-electron chi connectivity index (χ2n) is 6.17. The van der Waals surface area contributed by atoms with E-state index in [1.807, 2.05) is 12.3 Å². The fourth-order valence-electron chi connectivity index (χ4n) is 3.26. The van der Waals surface area contributed by atoms with Gasteiger partial charge in [-0.15, -0.1) is 0 Å². The average Bonchev–Trinajstić information content (AvgIpc) is 3.05. The lowest BCUT2D eigenvalue weighted by Gasteiger charge is -2.26. The van der Waals surface area contributed by atoms with E-state index in [-0.39, 0.29) is 22.3 Å². The van der Waals surface area contributed by atoms with Gasteiger partial charge in [0.25, 0.3) is 0 Å². The van der Waals surface area contributed by atoms with Gasteiger partial charge in [-0.05, 0) is 42.3 Å². The molecule has 4 nitrogen and oxygen atoms in total. The molecule has 0 aliphatic carbocycles. The van der Waals surface area contributed by atoms with Crippen molar-refractivity contribution in [2.75, 3.05) is 13.1 Å². The van der Waals surface area contributed by atoms with Gasteiger partial charge in [-0.1, -0.05) is 29.8 Å². The van der Waals surface area contributed by atoms with E-state index in [2.05, 4.69) is 4.98 Å². The molecule has 0 atom stereocenters. The maximum atomic E-state index is 13.6. The van der Waals surface area contributed by atoms with Crippen LogP contribution in [0.3, 0.4) is 0 Å². The van der Waals surface area contributed by atoms with Crippen molar-refractivity contribution < 1.29 is 12.8 Å². The lowest BCUT2D eigenvalue weighted by atomic mass is 10.00. The number of benzene rings is 2. The molecule has 26 heavy (non-hydrogen) atoms.